The summed E-state index contributed by atoms with van der Waals surface area (Å²) in [7, 11) is 0. The molecule has 4 aromatic rings. The van der Waals surface area contributed by atoms with Crippen molar-refractivity contribution in [3.8, 4) is 0 Å². The topological polar surface area (TPSA) is 60.2 Å². The summed E-state index contributed by atoms with van der Waals surface area (Å²) >= 11 is 7.59. The maximum absolute atomic E-state index is 12.6. The lowest BCUT2D eigenvalue weighted by atomic mass is 10.1. The normalized spacial score (nSPS) is 11.8. The molecule has 110 valence electrons. The number of hydrogen-bond acceptors (Lipinski definition) is 5. The molecule has 0 radical (unpaired) electrons. The number of pyridine rings is 1. The van der Waals surface area contributed by atoms with Crippen LogP contribution in [0.25, 0.3) is 26.8 Å². The zero-order valence-corrected chi connectivity index (χ0v) is 13.5. The first kappa shape index (κ1) is 13.6. The van der Waals surface area contributed by atoms with Crippen molar-refractivity contribution in [3.05, 3.63) is 44.3 Å². The zero-order chi connectivity index (χ0) is 15.4. The molecule has 0 saturated heterocycles. The van der Waals surface area contributed by atoms with Gasteiger partial charge in [0.25, 0.3) is 5.56 Å². The Bertz CT molecular complexity index is 1120. The van der Waals surface area contributed by atoms with E-state index in [1.54, 1.807) is 6.20 Å². The molecule has 0 aliphatic heterocycles. The average molecular weight is 331 g/mol. The predicted octanol–water partition coefficient (Wildman–Crippen LogP) is 3.38. The molecule has 1 aromatic carbocycles. The minimum atomic E-state index is -0.182. The minimum Gasteiger partial charge on any atom is -0.266 e. The summed E-state index contributed by atoms with van der Waals surface area (Å²) in [5, 5.41) is 7.16. The molecule has 4 rings (SSSR count). The Kier molecular flexibility index (Phi) is 2.92. The fourth-order valence-corrected chi connectivity index (χ4v) is 3.50. The van der Waals surface area contributed by atoms with Crippen molar-refractivity contribution in [2.45, 2.75) is 20.3 Å². The van der Waals surface area contributed by atoms with Crippen LogP contribution in [0.5, 0.6) is 0 Å². The molecule has 0 atom stereocenters. The first-order valence-corrected chi connectivity index (χ1v) is 8.06. The summed E-state index contributed by atoms with van der Waals surface area (Å²) in [4.78, 5) is 22.3. The van der Waals surface area contributed by atoms with Crippen LogP contribution in [0.15, 0.2) is 23.1 Å². The van der Waals surface area contributed by atoms with Gasteiger partial charge in [0.1, 0.15) is 5.01 Å². The SMILES string of the molecule is CCc1nn2c(=O)c3cnc4c(C)c(Cl)ccc4c3nc2s1. The summed E-state index contributed by atoms with van der Waals surface area (Å²) in [6, 6.07) is 3.68. The van der Waals surface area contributed by atoms with Crippen LogP contribution in [0, 0.1) is 6.92 Å². The number of nitrogens with zero attached hydrogens (tertiary/aromatic N) is 4. The summed E-state index contributed by atoms with van der Waals surface area (Å²) < 4.78 is 1.36. The molecule has 5 nitrogen and oxygen atoms in total. The summed E-state index contributed by atoms with van der Waals surface area (Å²) in [6.45, 7) is 3.92. The van der Waals surface area contributed by atoms with Crippen molar-refractivity contribution in [1.82, 2.24) is 19.6 Å². The van der Waals surface area contributed by atoms with E-state index in [-0.39, 0.29) is 5.56 Å². The van der Waals surface area contributed by atoms with Crippen LogP contribution >= 0.6 is 22.9 Å². The number of hydrogen-bond donors (Lipinski definition) is 0. The maximum atomic E-state index is 12.6. The highest BCUT2D eigenvalue weighted by Gasteiger charge is 2.14. The van der Waals surface area contributed by atoms with Crippen molar-refractivity contribution in [3.63, 3.8) is 0 Å². The number of halogens is 1. The highest BCUT2D eigenvalue weighted by atomic mass is 35.5. The Labute approximate surface area is 134 Å². The second kappa shape index (κ2) is 4.72. The molecule has 7 heteroatoms. The largest absolute Gasteiger partial charge is 0.284 e. The fourth-order valence-electron chi connectivity index (χ4n) is 2.52. The lowest BCUT2D eigenvalue weighted by Gasteiger charge is -2.06. The first-order valence-electron chi connectivity index (χ1n) is 6.86. The van der Waals surface area contributed by atoms with Crippen molar-refractivity contribution >= 4 is 49.7 Å². The summed E-state index contributed by atoms with van der Waals surface area (Å²) in [6.07, 6.45) is 2.34. The van der Waals surface area contributed by atoms with Crippen LogP contribution < -0.4 is 5.56 Å². The molecule has 3 heterocycles. The molecule has 0 spiro atoms. The lowest BCUT2D eigenvalue weighted by molar-refractivity contribution is 0.870. The van der Waals surface area contributed by atoms with Gasteiger partial charge in [0.05, 0.1) is 16.4 Å². The van der Waals surface area contributed by atoms with Crippen molar-refractivity contribution in [2.75, 3.05) is 0 Å². The Morgan fingerprint density at radius 1 is 1.27 bits per heavy atom. The first-order chi connectivity index (χ1) is 10.6. The van der Waals surface area contributed by atoms with Gasteiger partial charge in [-0.1, -0.05) is 29.9 Å². The molecule has 0 aliphatic carbocycles. The second-order valence-corrected chi connectivity index (χ2v) is 6.50. The third-order valence-corrected chi connectivity index (χ3v) is 5.19. The van der Waals surface area contributed by atoms with E-state index >= 15 is 0 Å². The Morgan fingerprint density at radius 3 is 2.86 bits per heavy atom. The number of rotatable bonds is 1. The molecule has 0 aliphatic rings. The van der Waals surface area contributed by atoms with Gasteiger partial charge in [0.15, 0.2) is 0 Å². The van der Waals surface area contributed by atoms with Crippen LogP contribution in [-0.4, -0.2) is 19.6 Å². The van der Waals surface area contributed by atoms with Crippen LogP contribution in [0.3, 0.4) is 0 Å². The van der Waals surface area contributed by atoms with Crippen LogP contribution in [0.4, 0.5) is 0 Å². The van der Waals surface area contributed by atoms with E-state index in [0.29, 0.717) is 20.9 Å². The number of fused-ring (bicyclic) bond motifs is 4. The number of aromatic nitrogens is 4. The van der Waals surface area contributed by atoms with Crippen molar-refractivity contribution in [1.29, 1.82) is 0 Å². The van der Waals surface area contributed by atoms with E-state index in [9.17, 15) is 4.79 Å². The third kappa shape index (κ3) is 1.77. The molecular formula is C15H11ClN4OS. The average Bonchev–Trinajstić information content (AvgIpc) is 2.94. The molecule has 0 amide bonds. The van der Waals surface area contributed by atoms with Gasteiger partial charge in [-0.2, -0.15) is 9.61 Å². The monoisotopic (exact) mass is 330 g/mol. The summed E-state index contributed by atoms with van der Waals surface area (Å²) in [5.74, 6) is 0. The molecule has 0 bridgehead atoms. The highest BCUT2D eigenvalue weighted by molar-refractivity contribution is 7.16. The van der Waals surface area contributed by atoms with Crippen molar-refractivity contribution < 1.29 is 0 Å². The Balaban J connectivity index is 2.24. The van der Waals surface area contributed by atoms with Gasteiger partial charge in [-0.25, -0.2) is 4.98 Å². The van der Waals surface area contributed by atoms with E-state index in [1.807, 2.05) is 26.0 Å². The summed E-state index contributed by atoms with van der Waals surface area (Å²) in [5.41, 5.74) is 2.14. The quantitative estimate of drug-likeness (QED) is 0.502. The van der Waals surface area contributed by atoms with E-state index in [4.69, 9.17) is 11.6 Å². The standard InChI is InChI=1S/C15H11ClN4OS/c1-3-11-19-20-14(21)9-6-17-12-7(2)10(16)5-4-8(12)13(9)18-15(20)22-11/h4-6H,3H2,1-2H3. The van der Waals surface area contributed by atoms with Gasteiger partial charge in [0, 0.05) is 16.6 Å². The molecular weight excluding hydrogens is 320 g/mol. The zero-order valence-electron chi connectivity index (χ0n) is 11.9. The maximum Gasteiger partial charge on any atom is 0.284 e. The van der Waals surface area contributed by atoms with E-state index < -0.39 is 0 Å². The van der Waals surface area contributed by atoms with Gasteiger partial charge < -0.3 is 0 Å². The third-order valence-electron chi connectivity index (χ3n) is 3.73. The van der Waals surface area contributed by atoms with Gasteiger partial charge in [-0.15, -0.1) is 0 Å². The fraction of sp³-hybridized carbons (Fsp3) is 0.200. The predicted molar refractivity (Wildman–Crippen MR) is 89.1 cm³/mol. The van der Waals surface area contributed by atoms with Gasteiger partial charge >= 0.3 is 0 Å². The molecule has 0 saturated carbocycles. The van der Waals surface area contributed by atoms with Gasteiger partial charge in [0.2, 0.25) is 4.96 Å². The molecule has 0 unspecified atom stereocenters. The Morgan fingerprint density at radius 2 is 2.09 bits per heavy atom. The van der Waals surface area contributed by atoms with Crippen LogP contribution in [0.2, 0.25) is 5.02 Å². The van der Waals surface area contributed by atoms with Gasteiger partial charge in [-0.05, 0) is 31.0 Å². The molecule has 0 N–H and O–H groups in total. The lowest BCUT2D eigenvalue weighted by Crippen LogP contribution is -2.15. The van der Waals surface area contributed by atoms with Gasteiger partial charge in [-0.3, -0.25) is 9.78 Å². The van der Waals surface area contributed by atoms with E-state index in [2.05, 4.69) is 15.1 Å². The molecule has 0 fully saturated rings. The van der Waals surface area contributed by atoms with Crippen LogP contribution in [-0.2, 0) is 6.42 Å². The van der Waals surface area contributed by atoms with E-state index in [0.717, 1.165) is 27.9 Å². The smallest absolute Gasteiger partial charge is 0.266 e. The van der Waals surface area contributed by atoms with E-state index in [1.165, 1.54) is 15.9 Å². The number of benzene rings is 1. The molecule has 22 heavy (non-hydrogen) atoms. The molecule has 3 aromatic heterocycles. The second-order valence-electron chi connectivity index (χ2n) is 5.05. The minimum absolute atomic E-state index is 0.182. The van der Waals surface area contributed by atoms with Crippen molar-refractivity contribution in [2.24, 2.45) is 0 Å². The van der Waals surface area contributed by atoms with Crippen LogP contribution in [0.1, 0.15) is 17.5 Å². The Hall–Kier alpha value is -2.05. The number of aryl methyl sites for hydroxylation is 2. The highest BCUT2D eigenvalue weighted by Crippen LogP contribution is 2.28.